The molecular weight excluding hydrogens is 260 g/mol. The molecule has 2 rings (SSSR count). The fraction of sp³-hybridized carbons (Fsp3) is 0.500. The number of hydrogen-bond donors (Lipinski definition) is 0. The molecule has 1 aromatic carbocycles. The zero-order valence-electron chi connectivity index (χ0n) is 11.8. The highest BCUT2D eigenvalue weighted by Gasteiger charge is 2.26. The van der Waals surface area contributed by atoms with E-state index in [9.17, 15) is 14.9 Å². The van der Waals surface area contributed by atoms with Crippen LogP contribution in [0.4, 0.5) is 11.4 Å². The Balaban J connectivity index is 2.40. The van der Waals surface area contributed by atoms with Crippen molar-refractivity contribution in [1.82, 2.24) is 0 Å². The number of Topliss-reactive ketones (excluding diaryl/α,β-unsaturated/α-hetero) is 1. The topological polar surface area (TPSA) is 72.7 Å². The number of nitrogens with zero attached hydrogens (tertiary/aromatic N) is 2. The molecule has 1 aromatic rings. The maximum absolute atomic E-state index is 11.4. The molecule has 2 unspecified atom stereocenters. The van der Waals surface area contributed by atoms with Gasteiger partial charge in [-0.2, -0.15) is 0 Å². The first-order chi connectivity index (χ1) is 9.40. The molecule has 20 heavy (non-hydrogen) atoms. The number of rotatable bonds is 3. The molecule has 1 heterocycles. The largest absolute Gasteiger partial charge is 0.375 e. The van der Waals surface area contributed by atoms with Gasteiger partial charge in [-0.25, -0.2) is 0 Å². The Labute approximate surface area is 117 Å². The van der Waals surface area contributed by atoms with Crippen LogP contribution in [0.15, 0.2) is 18.2 Å². The normalized spacial score (nSPS) is 22.6. The smallest absolute Gasteiger partial charge is 0.282 e. The lowest BCUT2D eigenvalue weighted by molar-refractivity contribution is -0.385. The van der Waals surface area contributed by atoms with E-state index in [1.54, 1.807) is 6.07 Å². The van der Waals surface area contributed by atoms with Crippen LogP contribution in [0.25, 0.3) is 0 Å². The maximum Gasteiger partial charge on any atom is 0.282 e. The summed E-state index contributed by atoms with van der Waals surface area (Å²) >= 11 is 0. The zero-order chi connectivity index (χ0) is 14.9. The molecule has 6 heteroatoms. The monoisotopic (exact) mass is 278 g/mol. The SMILES string of the molecule is CC(=O)c1ccc(N2CC(C)OCC2C)cc1[N+](=O)[O-]. The minimum Gasteiger partial charge on any atom is -0.375 e. The average Bonchev–Trinajstić information content (AvgIpc) is 2.40. The molecule has 0 aromatic heterocycles. The Kier molecular flexibility index (Phi) is 4.04. The highest BCUT2D eigenvalue weighted by molar-refractivity contribution is 5.98. The van der Waals surface area contributed by atoms with Crippen molar-refractivity contribution < 1.29 is 14.5 Å². The van der Waals surface area contributed by atoms with Gasteiger partial charge in [0.05, 0.1) is 23.2 Å². The number of morpholine rings is 1. The quantitative estimate of drug-likeness (QED) is 0.482. The van der Waals surface area contributed by atoms with E-state index in [2.05, 4.69) is 4.90 Å². The first kappa shape index (κ1) is 14.5. The van der Waals surface area contributed by atoms with Crippen LogP contribution in [0.2, 0.25) is 0 Å². The summed E-state index contributed by atoms with van der Waals surface area (Å²) in [4.78, 5) is 24.1. The molecule has 0 saturated carbocycles. The van der Waals surface area contributed by atoms with E-state index < -0.39 is 4.92 Å². The minimum atomic E-state index is -0.505. The van der Waals surface area contributed by atoms with Gasteiger partial charge in [-0.1, -0.05) is 0 Å². The number of nitro benzene ring substituents is 1. The maximum atomic E-state index is 11.4. The van der Waals surface area contributed by atoms with Crippen molar-refractivity contribution in [1.29, 1.82) is 0 Å². The molecule has 1 saturated heterocycles. The third-order valence-electron chi connectivity index (χ3n) is 3.50. The van der Waals surface area contributed by atoms with E-state index >= 15 is 0 Å². The fourth-order valence-corrected chi connectivity index (χ4v) is 2.41. The second-order valence-electron chi connectivity index (χ2n) is 5.16. The predicted molar refractivity (Wildman–Crippen MR) is 75.3 cm³/mol. The summed E-state index contributed by atoms with van der Waals surface area (Å²) in [5, 5.41) is 11.1. The first-order valence-corrected chi connectivity index (χ1v) is 6.57. The van der Waals surface area contributed by atoms with Crippen molar-refractivity contribution in [3.8, 4) is 0 Å². The number of ether oxygens (including phenoxy) is 1. The summed E-state index contributed by atoms with van der Waals surface area (Å²) in [6.45, 7) is 6.58. The van der Waals surface area contributed by atoms with Crippen molar-refractivity contribution >= 4 is 17.2 Å². The molecule has 0 radical (unpaired) electrons. The Morgan fingerprint density at radius 3 is 2.75 bits per heavy atom. The summed E-state index contributed by atoms with van der Waals surface area (Å²) < 4.78 is 5.55. The number of benzene rings is 1. The van der Waals surface area contributed by atoms with Crippen LogP contribution in [0, 0.1) is 10.1 Å². The van der Waals surface area contributed by atoms with Gasteiger partial charge in [-0.3, -0.25) is 14.9 Å². The molecular formula is C14H18N2O4. The third kappa shape index (κ3) is 2.80. The molecule has 1 aliphatic rings. The number of carbonyl (C=O) groups excluding carboxylic acids is 1. The number of carbonyl (C=O) groups is 1. The molecule has 0 bridgehead atoms. The van der Waals surface area contributed by atoms with E-state index in [1.165, 1.54) is 19.1 Å². The molecule has 6 nitrogen and oxygen atoms in total. The fourth-order valence-electron chi connectivity index (χ4n) is 2.41. The van der Waals surface area contributed by atoms with Gasteiger partial charge in [0.25, 0.3) is 5.69 Å². The molecule has 0 N–H and O–H groups in total. The van der Waals surface area contributed by atoms with Crippen LogP contribution in [-0.2, 0) is 4.74 Å². The van der Waals surface area contributed by atoms with Gasteiger partial charge in [-0.05, 0) is 32.9 Å². The van der Waals surface area contributed by atoms with Gasteiger partial charge in [0, 0.05) is 24.3 Å². The highest BCUT2D eigenvalue weighted by Crippen LogP contribution is 2.29. The number of ketones is 1. The Bertz CT molecular complexity index is 544. The Morgan fingerprint density at radius 2 is 2.15 bits per heavy atom. The molecule has 0 amide bonds. The van der Waals surface area contributed by atoms with Gasteiger partial charge in [0.2, 0.25) is 0 Å². The molecule has 0 aliphatic carbocycles. The van der Waals surface area contributed by atoms with Crippen molar-refractivity contribution in [3.63, 3.8) is 0 Å². The lowest BCUT2D eigenvalue weighted by Gasteiger charge is -2.38. The van der Waals surface area contributed by atoms with Crippen LogP contribution >= 0.6 is 0 Å². The molecule has 0 spiro atoms. The summed E-state index contributed by atoms with van der Waals surface area (Å²) in [5.41, 5.74) is 0.762. The van der Waals surface area contributed by atoms with E-state index in [4.69, 9.17) is 4.74 Å². The molecule has 1 fully saturated rings. The van der Waals surface area contributed by atoms with Crippen LogP contribution in [-0.4, -0.2) is 36.0 Å². The second kappa shape index (κ2) is 5.58. The van der Waals surface area contributed by atoms with E-state index in [0.717, 1.165) is 5.69 Å². The van der Waals surface area contributed by atoms with Gasteiger partial charge in [0.1, 0.15) is 0 Å². The van der Waals surface area contributed by atoms with Gasteiger partial charge in [0.15, 0.2) is 5.78 Å². The number of anilines is 1. The Morgan fingerprint density at radius 1 is 1.45 bits per heavy atom. The lowest BCUT2D eigenvalue weighted by Crippen LogP contribution is -2.47. The van der Waals surface area contributed by atoms with Crippen molar-refractivity contribution in [3.05, 3.63) is 33.9 Å². The third-order valence-corrected chi connectivity index (χ3v) is 3.50. The summed E-state index contributed by atoms with van der Waals surface area (Å²) in [7, 11) is 0. The predicted octanol–water partition coefficient (Wildman–Crippen LogP) is 2.41. The van der Waals surface area contributed by atoms with Crippen LogP contribution in [0.3, 0.4) is 0 Å². The van der Waals surface area contributed by atoms with Crippen LogP contribution < -0.4 is 4.90 Å². The average molecular weight is 278 g/mol. The second-order valence-corrected chi connectivity index (χ2v) is 5.16. The molecule has 1 aliphatic heterocycles. The summed E-state index contributed by atoms with van der Waals surface area (Å²) in [5.74, 6) is -0.299. The first-order valence-electron chi connectivity index (χ1n) is 6.57. The molecule has 2 atom stereocenters. The number of nitro groups is 1. The Hall–Kier alpha value is -1.95. The van der Waals surface area contributed by atoms with E-state index in [0.29, 0.717) is 13.2 Å². The lowest BCUT2D eigenvalue weighted by atomic mass is 10.1. The van der Waals surface area contributed by atoms with Gasteiger partial charge >= 0.3 is 0 Å². The van der Waals surface area contributed by atoms with Crippen LogP contribution in [0.1, 0.15) is 31.1 Å². The molecule has 108 valence electrons. The summed E-state index contributed by atoms with van der Waals surface area (Å²) in [6.07, 6.45) is 0.0812. The standard InChI is InChI=1S/C14H18N2O4/c1-9-8-20-10(2)7-15(9)12-4-5-13(11(3)17)14(6-12)16(18)19/h4-6,9-10H,7-8H2,1-3H3. The van der Waals surface area contributed by atoms with E-state index in [1.807, 2.05) is 13.8 Å². The van der Waals surface area contributed by atoms with E-state index in [-0.39, 0.29) is 29.2 Å². The van der Waals surface area contributed by atoms with Gasteiger partial charge in [-0.15, -0.1) is 0 Å². The van der Waals surface area contributed by atoms with Crippen molar-refractivity contribution in [2.75, 3.05) is 18.1 Å². The van der Waals surface area contributed by atoms with Crippen molar-refractivity contribution in [2.45, 2.75) is 32.9 Å². The van der Waals surface area contributed by atoms with Gasteiger partial charge < -0.3 is 9.64 Å². The summed E-state index contributed by atoms with van der Waals surface area (Å²) in [6, 6.07) is 4.92. The van der Waals surface area contributed by atoms with Crippen molar-refractivity contribution in [2.24, 2.45) is 0 Å². The minimum absolute atomic E-state index is 0.0812. The van der Waals surface area contributed by atoms with Crippen LogP contribution in [0.5, 0.6) is 0 Å². The number of hydrogen-bond acceptors (Lipinski definition) is 5. The highest BCUT2D eigenvalue weighted by atomic mass is 16.6. The zero-order valence-corrected chi connectivity index (χ0v) is 11.8.